The fourth-order valence-corrected chi connectivity index (χ4v) is 2.18. The lowest BCUT2D eigenvalue weighted by Crippen LogP contribution is -2.41. The molecule has 19 heavy (non-hydrogen) atoms. The van der Waals surface area contributed by atoms with E-state index in [0.717, 1.165) is 5.57 Å². The van der Waals surface area contributed by atoms with Gasteiger partial charge in [-0.15, -0.1) is 0 Å². The summed E-state index contributed by atoms with van der Waals surface area (Å²) < 4.78 is 11.8. The van der Waals surface area contributed by atoms with Crippen LogP contribution in [0.25, 0.3) is 0 Å². The Balaban J connectivity index is 2.32. The van der Waals surface area contributed by atoms with Crippen LogP contribution in [0.2, 0.25) is 0 Å². The molecule has 1 heterocycles. The molecule has 0 amide bonds. The van der Waals surface area contributed by atoms with Gasteiger partial charge in [0.05, 0.1) is 12.7 Å². The van der Waals surface area contributed by atoms with Gasteiger partial charge in [0.2, 0.25) is 5.78 Å². The number of ether oxygens (including phenoxy) is 2. The minimum absolute atomic E-state index is 0.0310. The Bertz CT molecular complexity index is 446. The topological polar surface area (TPSA) is 35.5 Å². The van der Waals surface area contributed by atoms with Gasteiger partial charge in [-0.05, 0) is 28.6 Å². The molecule has 1 aliphatic heterocycles. The van der Waals surface area contributed by atoms with E-state index in [1.807, 2.05) is 12.2 Å². The van der Waals surface area contributed by atoms with Crippen LogP contribution < -0.4 is 0 Å². The SMILES string of the molecule is CC(C)(C)C1=C[C@@]2(OC[C@H](C(C)(C)C)O2)C(=O)C=C1. The van der Waals surface area contributed by atoms with Crippen molar-refractivity contribution >= 4 is 5.78 Å². The minimum Gasteiger partial charge on any atom is -0.337 e. The van der Waals surface area contributed by atoms with E-state index in [4.69, 9.17) is 9.47 Å². The molecule has 2 atom stereocenters. The first-order valence-corrected chi connectivity index (χ1v) is 6.82. The number of rotatable bonds is 0. The molecule has 0 N–H and O–H groups in total. The highest BCUT2D eigenvalue weighted by atomic mass is 16.7. The van der Waals surface area contributed by atoms with Crippen LogP contribution in [0.1, 0.15) is 41.5 Å². The fourth-order valence-electron chi connectivity index (χ4n) is 2.18. The van der Waals surface area contributed by atoms with Crippen molar-refractivity contribution in [3.8, 4) is 0 Å². The molecule has 1 aliphatic carbocycles. The second kappa shape index (κ2) is 4.29. The minimum atomic E-state index is -1.20. The van der Waals surface area contributed by atoms with Crippen LogP contribution in [-0.4, -0.2) is 24.3 Å². The van der Waals surface area contributed by atoms with Crippen LogP contribution >= 0.6 is 0 Å². The summed E-state index contributed by atoms with van der Waals surface area (Å²) in [6, 6.07) is 0. The monoisotopic (exact) mass is 264 g/mol. The molecular weight excluding hydrogens is 240 g/mol. The molecule has 0 radical (unpaired) electrons. The van der Waals surface area contributed by atoms with Crippen molar-refractivity contribution in [1.82, 2.24) is 0 Å². The highest BCUT2D eigenvalue weighted by Gasteiger charge is 2.50. The van der Waals surface area contributed by atoms with Gasteiger partial charge in [-0.3, -0.25) is 4.79 Å². The van der Waals surface area contributed by atoms with Crippen LogP contribution in [0.4, 0.5) is 0 Å². The zero-order valence-corrected chi connectivity index (χ0v) is 12.7. The lowest BCUT2D eigenvalue weighted by Gasteiger charge is -2.32. The lowest BCUT2D eigenvalue weighted by molar-refractivity contribution is -0.167. The Hall–Kier alpha value is -0.930. The van der Waals surface area contributed by atoms with Crippen molar-refractivity contribution in [1.29, 1.82) is 0 Å². The molecule has 106 valence electrons. The van der Waals surface area contributed by atoms with Gasteiger partial charge in [0.15, 0.2) is 0 Å². The molecule has 0 saturated carbocycles. The van der Waals surface area contributed by atoms with Gasteiger partial charge in [-0.1, -0.05) is 47.6 Å². The molecule has 0 unspecified atom stereocenters. The number of ketones is 1. The molecular formula is C16H24O3. The average Bonchev–Trinajstić information content (AvgIpc) is 2.66. The number of carbonyl (C=O) groups is 1. The normalized spacial score (nSPS) is 32.0. The molecule has 3 heteroatoms. The molecule has 0 bridgehead atoms. The van der Waals surface area contributed by atoms with Crippen molar-refractivity contribution in [2.45, 2.75) is 53.4 Å². The van der Waals surface area contributed by atoms with Crippen molar-refractivity contribution in [3.05, 3.63) is 23.8 Å². The number of carbonyl (C=O) groups excluding carboxylic acids is 1. The van der Waals surface area contributed by atoms with E-state index in [-0.39, 0.29) is 22.7 Å². The predicted molar refractivity (Wildman–Crippen MR) is 74.7 cm³/mol. The summed E-state index contributed by atoms with van der Waals surface area (Å²) in [6.07, 6.45) is 5.22. The molecule has 0 aromatic heterocycles. The van der Waals surface area contributed by atoms with Crippen LogP contribution in [0.5, 0.6) is 0 Å². The van der Waals surface area contributed by atoms with Crippen LogP contribution in [0.3, 0.4) is 0 Å². The summed E-state index contributed by atoms with van der Waals surface area (Å²) in [4.78, 5) is 12.2. The first kappa shape index (κ1) is 14.5. The van der Waals surface area contributed by atoms with E-state index in [0.29, 0.717) is 6.61 Å². The summed E-state index contributed by atoms with van der Waals surface area (Å²) in [7, 11) is 0. The van der Waals surface area contributed by atoms with Gasteiger partial charge in [0.25, 0.3) is 5.79 Å². The largest absolute Gasteiger partial charge is 0.337 e. The maximum absolute atomic E-state index is 12.2. The number of hydrogen-bond donors (Lipinski definition) is 0. The zero-order valence-electron chi connectivity index (χ0n) is 12.7. The fraction of sp³-hybridized carbons (Fsp3) is 0.688. The Morgan fingerprint density at radius 2 is 1.79 bits per heavy atom. The molecule has 2 rings (SSSR count). The second-order valence-electron chi connectivity index (χ2n) is 7.50. The van der Waals surface area contributed by atoms with Crippen molar-refractivity contribution < 1.29 is 14.3 Å². The van der Waals surface area contributed by atoms with E-state index >= 15 is 0 Å². The molecule has 0 aromatic carbocycles. The molecule has 2 aliphatic rings. The molecule has 3 nitrogen and oxygen atoms in total. The van der Waals surface area contributed by atoms with Crippen molar-refractivity contribution in [2.24, 2.45) is 10.8 Å². The highest BCUT2D eigenvalue weighted by molar-refractivity contribution is 5.99. The smallest absolute Gasteiger partial charge is 0.254 e. The molecule has 1 saturated heterocycles. The van der Waals surface area contributed by atoms with Crippen molar-refractivity contribution in [3.63, 3.8) is 0 Å². The zero-order chi connectivity index (χ0) is 14.5. The maximum Gasteiger partial charge on any atom is 0.254 e. The highest BCUT2D eigenvalue weighted by Crippen LogP contribution is 2.40. The Morgan fingerprint density at radius 3 is 2.26 bits per heavy atom. The number of hydrogen-bond acceptors (Lipinski definition) is 3. The Morgan fingerprint density at radius 1 is 1.16 bits per heavy atom. The summed E-state index contributed by atoms with van der Waals surface area (Å²) in [5.41, 5.74) is 0.999. The summed E-state index contributed by atoms with van der Waals surface area (Å²) >= 11 is 0. The quantitative estimate of drug-likeness (QED) is 0.673. The molecule has 1 spiro atoms. The first-order valence-electron chi connectivity index (χ1n) is 6.82. The van der Waals surface area contributed by atoms with Crippen LogP contribution in [0.15, 0.2) is 23.8 Å². The van der Waals surface area contributed by atoms with E-state index < -0.39 is 5.79 Å². The summed E-state index contributed by atoms with van der Waals surface area (Å²) in [5.74, 6) is -1.32. The van der Waals surface area contributed by atoms with Crippen LogP contribution in [-0.2, 0) is 14.3 Å². The van der Waals surface area contributed by atoms with Crippen molar-refractivity contribution in [2.75, 3.05) is 6.61 Å². The Kier molecular flexibility index (Phi) is 3.27. The maximum atomic E-state index is 12.2. The van der Waals surface area contributed by atoms with Crippen LogP contribution in [0, 0.1) is 10.8 Å². The average molecular weight is 264 g/mol. The lowest BCUT2D eigenvalue weighted by atomic mass is 9.82. The third kappa shape index (κ3) is 2.67. The van der Waals surface area contributed by atoms with E-state index in [1.165, 1.54) is 0 Å². The van der Waals surface area contributed by atoms with Gasteiger partial charge in [-0.2, -0.15) is 0 Å². The van der Waals surface area contributed by atoms with E-state index in [9.17, 15) is 4.79 Å². The predicted octanol–water partition coefficient (Wildman–Crippen LogP) is 3.26. The van der Waals surface area contributed by atoms with Gasteiger partial charge < -0.3 is 9.47 Å². The third-order valence-electron chi connectivity index (χ3n) is 3.70. The molecule has 0 aromatic rings. The van der Waals surface area contributed by atoms with Gasteiger partial charge >= 0.3 is 0 Å². The number of allylic oxidation sites excluding steroid dienone is 2. The second-order valence-corrected chi connectivity index (χ2v) is 7.50. The molecule has 1 fully saturated rings. The van der Waals surface area contributed by atoms with E-state index in [2.05, 4.69) is 41.5 Å². The summed E-state index contributed by atoms with van der Waals surface area (Å²) in [6.45, 7) is 13.1. The van der Waals surface area contributed by atoms with Gasteiger partial charge in [-0.25, -0.2) is 0 Å². The van der Waals surface area contributed by atoms with Gasteiger partial charge in [0.1, 0.15) is 0 Å². The standard InChI is InChI=1S/C16H24O3/c1-14(2,3)11-7-8-12(17)16(9-11)18-10-13(19-16)15(4,5)6/h7-9,13H,10H2,1-6H3/t13-,16+/m1/s1. The summed E-state index contributed by atoms with van der Waals surface area (Å²) in [5, 5.41) is 0. The third-order valence-corrected chi connectivity index (χ3v) is 3.70. The van der Waals surface area contributed by atoms with E-state index in [1.54, 1.807) is 6.08 Å². The van der Waals surface area contributed by atoms with Gasteiger partial charge in [0, 0.05) is 0 Å². The Labute approximate surface area is 115 Å². The first-order chi connectivity index (χ1) is 8.55.